The van der Waals surface area contributed by atoms with Crippen molar-refractivity contribution in [2.45, 2.75) is 31.7 Å². The highest BCUT2D eigenvalue weighted by Gasteiger charge is 2.16. The second-order valence-electron chi connectivity index (χ2n) is 5.62. The van der Waals surface area contributed by atoms with Crippen molar-refractivity contribution >= 4 is 17.5 Å². The monoisotopic (exact) mass is 330 g/mol. The van der Waals surface area contributed by atoms with Gasteiger partial charge in [0.25, 0.3) is 5.91 Å². The highest BCUT2D eigenvalue weighted by atomic mass is 35.5. The van der Waals surface area contributed by atoms with Crippen molar-refractivity contribution < 1.29 is 4.79 Å². The minimum Gasteiger partial charge on any atom is -0.350 e. The first kappa shape index (κ1) is 15.7. The summed E-state index contributed by atoms with van der Waals surface area (Å²) in [6.07, 6.45) is 9.65. The van der Waals surface area contributed by atoms with Gasteiger partial charge in [0.2, 0.25) is 0 Å². The van der Waals surface area contributed by atoms with Crippen molar-refractivity contribution in [2.24, 2.45) is 0 Å². The van der Waals surface area contributed by atoms with Crippen LogP contribution in [0.25, 0.3) is 0 Å². The largest absolute Gasteiger partial charge is 0.350 e. The van der Waals surface area contributed by atoms with Crippen LogP contribution in [0.5, 0.6) is 0 Å². The second kappa shape index (κ2) is 7.42. The zero-order valence-electron chi connectivity index (χ0n) is 12.8. The lowest BCUT2D eigenvalue weighted by Crippen LogP contribution is -2.27. The lowest BCUT2D eigenvalue weighted by atomic mass is 9.92. The van der Waals surface area contributed by atoms with Gasteiger partial charge < -0.3 is 5.32 Å². The van der Waals surface area contributed by atoms with Crippen LogP contribution in [-0.2, 0) is 6.54 Å². The number of amides is 1. The van der Waals surface area contributed by atoms with Crippen LogP contribution >= 0.6 is 11.6 Å². The molecule has 2 aromatic rings. The number of benzene rings is 1. The van der Waals surface area contributed by atoms with Crippen LogP contribution < -0.4 is 5.32 Å². The van der Waals surface area contributed by atoms with Gasteiger partial charge in [-0.3, -0.25) is 9.48 Å². The van der Waals surface area contributed by atoms with E-state index in [4.69, 9.17) is 11.6 Å². The number of carbonyl (C=O) groups excluding carboxylic acids is 1. The minimum atomic E-state index is -0.173. The number of halogens is 1. The van der Waals surface area contributed by atoms with Gasteiger partial charge in [-0.15, -0.1) is 5.10 Å². The molecule has 0 unspecified atom stereocenters. The molecule has 0 spiro atoms. The summed E-state index contributed by atoms with van der Waals surface area (Å²) in [6, 6.07) is 7.01. The first-order valence-electron chi connectivity index (χ1n) is 7.82. The Labute approximate surface area is 140 Å². The van der Waals surface area contributed by atoms with E-state index in [1.807, 2.05) is 6.20 Å². The Balaban J connectivity index is 1.51. The summed E-state index contributed by atoms with van der Waals surface area (Å²) < 4.78 is 1.78. The molecular weight excluding hydrogens is 312 g/mol. The molecule has 3 rings (SSSR count). The molecule has 1 atom stereocenters. The molecule has 1 aromatic heterocycles. The highest BCUT2D eigenvalue weighted by Crippen LogP contribution is 2.27. The molecule has 1 N–H and O–H groups in total. The van der Waals surface area contributed by atoms with E-state index >= 15 is 0 Å². The van der Waals surface area contributed by atoms with E-state index in [-0.39, 0.29) is 5.91 Å². The van der Waals surface area contributed by atoms with Gasteiger partial charge in [-0.25, -0.2) is 0 Å². The summed E-state index contributed by atoms with van der Waals surface area (Å²) in [5.41, 5.74) is 1.52. The van der Waals surface area contributed by atoms with Gasteiger partial charge >= 0.3 is 0 Å². The molecule has 120 valence electrons. The topological polar surface area (TPSA) is 59.8 Å². The first-order chi connectivity index (χ1) is 11.2. The van der Waals surface area contributed by atoms with E-state index in [9.17, 15) is 4.79 Å². The van der Waals surface area contributed by atoms with E-state index in [2.05, 4.69) is 27.8 Å². The maximum Gasteiger partial charge on any atom is 0.252 e. The van der Waals surface area contributed by atoms with Crippen LogP contribution in [0.15, 0.2) is 42.6 Å². The van der Waals surface area contributed by atoms with E-state index in [1.54, 1.807) is 28.9 Å². The van der Waals surface area contributed by atoms with E-state index in [0.29, 0.717) is 29.6 Å². The number of hydrogen-bond donors (Lipinski definition) is 1. The number of nitrogens with zero attached hydrogens (tertiary/aromatic N) is 3. The second-order valence-corrected chi connectivity index (χ2v) is 6.03. The molecule has 0 saturated carbocycles. The van der Waals surface area contributed by atoms with Crippen molar-refractivity contribution in [2.75, 3.05) is 6.54 Å². The zero-order valence-corrected chi connectivity index (χ0v) is 13.5. The maximum atomic E-state index is 12.1. The summed E-state index contributed by atoms with van der Waals surface area (Å²) in [4.78, 5) is 12.1. The Morgan fingerprint density at radius 3 is 3.00 bits per heavy atom. The third-order valence-corrected chi connectivity index (χ3v) is 4.32. The molecule has 0 fully saturated rings. The van der Waals surface area contributed by atoms with Crippen LogP contribution in [0.3, 0.4) is 0 Å². The molecule has 0 aliphatic heterocycles. The van der Waals surface area contributed by atoms with Crippen LogP contribution in [0.4, 0.5) is 0 Å². The van der Waals surface area contributed by atoms with Gasteiger partial charge in [-0.1, -0.05) is 41.1 Å². The molecule has 6 heteroatoms. The third kappa shape index (κ3) is 3.99. The fraction of sp³-hybridized carbons (Fsp3) is 0.353. The number of hydrogen-bond acceptors (Lipinski definition) is 3. The van der Waals surface area contributed by atoms with Gasteiger partial charge in [0.15, 0.2) is 0 Å². The average Bonchev–Trinajstić information content (AvgIpc) is 3.05. The normalized spacial score (nSPS) is 17.2. The molecule has 5 nitrogen and oxygen atoms in total. The fourth-order valence-electron chi connectivity index (χ4n) is 2.70. The summed E-state index contributed by atoms with van der Waals surface area (Å²) in [6.45, 7) is 1.07. The Hall–Kier alpha value is -2.14. The molecule has 1 aliphatic carbocycles. The third-order valence-electron chi connectivity index (χ3n) is 3.99. The lowest BCUT2D eigenvalue weighted by molar-refractivity contribution is 0.0952. The quantitative estimate of drug-likeness (QED) is 0.856. The van der Waals surface area contributed by atoms with Crippen LogP contribution in [0.1, 0.15) is 41.2 Å². The van der Waals surface area contributed by atoms with Crippen molar-refractivity contribution in [1.82, 2.24) is 20.3 Å². The molecule has 0 bridgehead atoms. The summed E-state index contributed by atoms with van der Waals surface area (Å²) >= 11 is 6.01. The lowest BCUT2D eigenvalue weighted by Gasteiger charge is -2.13. The molecule has 1 amide bonds. The Kier molecular flexibility index (Phi) is 5.08. The molecule has 23 heavy (non-hydrogen) atoms. The number of carbonyl (C=O) groups is 1. The fourth-order valence-corrected chi connectivity index (χ4v) is 2.92. The minimum absolute atomic E-state index is 0.173. The number of allylic oxidation sites excluding steroid dienone is 2. The average molecular weight is 331 g/mol. The van der Waals surface area contributed by atoms with Crippen LogP contribution in [0, 0.1) is 0 Å². The predicted molar refractivity (Wildman–Crippen MR) is 89.5 cm³/mol. The van der Waals surface area contributed by atoms with E-state index in [1.165, 1.54) is 0 Å². The van der Waals surface area contributed by atoms with Crippen molar-refractivity contribution in [3.05, 3.63) is 58.9 Å². The Morgan fingerprint density at radius 1 is 1.35 bits per heavy atom. The van der Waals surface area contributed by atoms with Gasteiger partial charge in [0.05, 0.1) is 22.8 Å². The molecule has 0 saturated heterocycles. The number of aromatic nitrogens is 3. The van der Waals surface area contributed by atoms with Gasteiger partial charge in [0, 0.05) is 18.7 Å². The van der Waals surface area contributed by atoms with Crippen LogP contribution in [-0.4, -0.2) is 27.4 Å². The van der Waals surface area contributed by atoms with E-state index < -0.39 is 0 Å². The summed E-state index contributed by atoms with van der Waals surface area (Å²) in [5, 5.41) is 11.7. The molecule has 1 aliphatic rings. The van der Waals surface area contributed by atoms with Gasteiger partial charge in [0.1, 0.15) is 0 Å². The summed E-state index contributed by atoms with van der Waals surface area (Å²) in [7, 11) is 0. The SMILES string of the molecule is O=C(NCCn1cc([C@@H]2CC=CCC2)nn1)c1ccccc1Cl. The van der Waals surface area contributed by atoms with Crippen molar-refractivity contribution in [1.29, 1.82) is 0 Å². The standard InChI is InChI=1S/C17H19ClN4O/c18-15-9-5-4-8-14(15)17(23)19-10-11-22-12-16(20-21-22)13-6-2-1-3-7-13/h1-2,4-5,8-9,12-13H,3,6-7,10-11H2,(H,19,23)/t13-/m1/s1. The smallest absolute Gasteiger partial charge is 0.252 e. The van der Waals surface area contributed by atoms with Crippen LogP contribution in [0.2, 0.25) is 5.02 Å². The predicted octanol–water partition coefficient (Wildman–Crippen LogP) is 3.19. The first-order valence-corrected chi connectivity index (χ1v) is 8.19. The van der Waals surface area contributed by atoms with Crippen molar-refractivity contribution in [3.63, 3.8) is 0 Å². The zero-order chi connectivity index (χ0) is 16.1. The van der Waals surface area contributed by atoms with Gasteiger partial charge in [-0.2, -0.15) is 0 Å². The molecule has 1 aromatic carbocycles. The molecule has 1 heterocycles. The Bertz CT molecular complexity index is 710. The van der Waals surface area contributed by atoms with Gasteiger partial charge in [-0.05, 0) is 31.4 Å². The highest BCUT2D eigenvalue weighted by molar-refractivity contribution is 6.33. The molecular formula is C17H19ClN4O. The molecule has 0 radical (unpaired) electrons. The van der Waals surface area contributed by atoms with E-state index in [0.717, 1.165) is 25.0 Å². The maximum absolute atomic E-state index is 12.1. The number of rotatable bonds is 5. The van der Waals surface area contributed by atoms with Crippen molar-refractivity contribution in [3.8, 4) is 0 Å². The Morgan fingerprint density at radius 2 is 2.22 bits per heavy atom. The number of nitrogens with one attached hydrogen (secondary N) is 1. The summed E-state index contributed by atoms with van der Waals surface area (Å²) in [5.74, 6) is 0.292.